The van der Waals surface area contributed by atoms with Gasteiger partial charge < -0.3 is 39.5 Å². The second-order valence-corrected chi connectivity index (χ2v) is 10.1. The van der Waals surface area contributed by atoms with Gasteiger partial charge in [-0.05, 0) is 41.8 Å². The SMILES string of the molecule is CO/N=C(/COc1ccc(Cc2cc([C@@]34OC[C@](CO)(O3)[C@H](O)[C@H](O)[C@H]4O)ccc2Cl)cc1)c1ccccc1. The van der Waals surface area contributed by atoms with Crippen molar-refractivity contribution in [3.05, 3.63) is 100 Å². The maximum Gasteiger partial charge on any atom is 0.225 e. The number of benzene rings is 3. The van der Waals surface area contributed by atoms with E-state index in [1.54, 1.807) is 18.2 Å². The number of fused-ring (bicyclic) bond motifs is 2. The average molecular weight is 556 g/mol. The standard InChI is InChI=1S/C29H30ClNO8/c1-36-31-24(19-5-3-2-4-6-19)15-37-22-10-7-18(8-11-22)13-20-14-21(9-12-23(20)30)29-27(35)25(33)26(34)28(16-32,39-29)17-38-29/h2-12,14,25-27,32-35H,13,15-17H2,1H3/b31-24-/t25-,26+,27+,28-,29+/m0/s1. The van der Waals surface area contributed by atoms with Crippen LogP contribution in [0.15, 0.2) is 78.0 Å². The number of halogens is 1. The van der Waals surface area contributed by atoms with E-state index < -0.39 is 36.3 Å². The van der Waals surface area contributed by atoms with Crippen LogP contribution in [0.4, 0.5) is 0 Å². The molecule has 0 radical (unpaired) electrons. The van der Waals surface area contributed by atoms with E-state index in [2.05, 4.69) is 5.16 Å². The summed E-state index contributed by atoms with van der Waals surface area (Å²) < 4.78 is 17.7. The van der Waals surface area contributed by atoms with Gasteiger partial charge in [-0.25, -0.2) is 0 Å². The van der Waals surface area contributed by atoms with Gasteiger partial charge in [0.25, 0.3) is 0 Å². The van der Waals surface area contributed by atoms with Gasteiger partial charge >= 0.3 is 0 Å². The molecule has 0 saturated carbocycles. The summed E-state index contributed by atoms with van der Waals surface area (Å²) in [7, 11) is 1.49. The first-order valence-electron chi connectivity index (χ1n) is 12.5. The Hall–Kier alpha value is -3.02. The molecule has 5 atom stereocenters. The first kappa shape index (κ1) is 27.5. The Balaban J connectivity index is 1.31. The van der Waals surface area contributed by atoms with Gasteiger partial charge in [0, 0.05) is 16.1 Å². The summed E-state index contributed by atoms with van der Waals surface area (Å²) in [6, 6.07) is 22.2. The topological polar surface area (TPSA) is 130 Å². The van der Waals surface area contributed by atoms with E-state index in [9.17, 15) is 20.4 Å². The van der Waals surface area contributed by atoms with Gasteiger partial charge in [0.2, 0.25) is 5.79 Å². The van der Waals surface area contributed by atoms with Crippen molar-refractivity contribution in [3.8, 4) is 5.75 Å². The fraction of sp³-hybridized carbons (Fsp3) is 0.345. The molecule has 0 spiro atoms. The Bertz CT molecular complexity index is 1320. The van der Waals surface area contributed by atoms with Crippen LogP contribution in [0.25, 0.3) is 0 Å². The molecule has 3 aromatic rings. The van der Waals surface area contributed by atoms with Gasteiger partial charge in [-0.3, -0.25) is 0 Å². The molecule has 2 heterocycles. The average Bonchev–Trinajstić information content (AvgIpc) is 3.35. The maximum absolute atomic E-state index is 10.8. The van der Waals surface area contributed by atoms with Crippen molar-refractivity contribution in [2.24, 2.45) is 5.16 Å². The van der Waals surface area contributed by atoms with Crippen molar-refractivity contribution < 1.29 is 39.5 Å². The molecule has 9 nitrogen and oxygen atoms in total. The van der Waals surface area contributed by atoms with Crippen molar-refractivity contribution >= 4 is 17.3 Å². The largest absolute Gasteiger partial charge is 0.487 e. The van der Waals surface area contributed by atoms with Crippen LogP contribution < -0.4 is 4.74 Å². The summed E-state index contributed by atoms with van der Waals surface area (Å²) in [5.41, 5.74) is 2.13. The smallest absolute Gasteiger partial charge is 0.225 e. The van der Waals surface area contributed by atoms with Crippen LogP contribution in [0, 0.1) is 0 Å². The second kappa shape index (κ2) is 11.2. The molecule has 39 heavy (non-hydrogen) atoms. The molecular formula is C29H30ClNO8. The Kier molecular flexibility index (Phi) is 7.93. The van der Waals surface area contributed by atoms with E-state index in [-0.39, 0.29) is 13.2 Å². The van der Waals surface area contributed by atoms with Crippen molar-refractivity contribution in [1.29, 1.82) is 0 Å². The molecule has 4 N–H and O–H groups in total. The zero-order chi connectivity index (χ0) is 27.6. The number of hydrogen-bond donors (Lipinski definition) is 4. The summed E-state index contributed by atoms with van der Waals surface area (Å²) in [6.07, 6.45) is -4.21. The molecule has 2 bridgehead atoms. The van der Waals surface area contributed by atoms with Crippen LogP contribution in [0.5, 0.6) is 5.75 Å². The molecule has 0 unspecified atom stereocenters. The van der Waals surface area contributed by atoms with Crippen molar-refractivity contribution in [2.45, 2.75) is 36.1 Å². The summed E-state index contributed by atoms with van der Waals surface area (Å²) in [5.74, 6) is -1.10. The quantitative estimate of drug-likeness (QED) is 0.234. The van der Waals surface area contributed by atoms with E-state index in [0.29, 0.717) is 28.5 Å². The number of nitrogens with zero attached hydrogens (tertiary/aromatic N) is 1. The highest BCUT2D eigenvalue weighted by atomic mass is 35.5. The lowest BCUT2D eigenvalue weighted by Gasteiger charge is -2.46. The lowest BCUT2D eigenvalue weighted by atomic mass is 9.83. The lowest BCUT2D eigenvalue weighted by molar-refractivity contribution is -0.329. The number of rotatable bonds is 9. The summed E-state index contributed by atoms with van der Waals surface area (Å²) >= 11 is 6.51. The minimum absolute atomic E-state index is 0.195. The molecule has 206 valence electrons. The molecule has 2 fully saturated rings. The number of ether oxygens (including phenoxy) is 3. The highest BCUT2D eigenvalue weighted by Crippen LogP contribution is 2.49. The van der Waals surface area contributed by atoms with Gasteiger partial charge in [0.15, 0.2) is 0 Å². The first-order valence-corrected chi connectivity index (χ1v) is 12.8. The summed E-state index contributed by atoms with van der Waals surface area (Å²) in [6.45, 7) is -0.552. The molecular weight excluding hydrogens is 526 g/mol. The normalized spacial score (nSPS) is 28.4. The molecule has 0 aliphatic carbocycles. The molecule has 10 heteroatoms. The zero-order valence-corrected chi connectivity index (χ0v) is 22.0. The Morgan fingerprint density at radius 2 is 1.77 bits per heavy atom. The van der Waals surface area contributed by atoms with Gasteiger partial charge in [-0.2, -0.15) is 0 Å². The van der Waals surface area contributed by atoms with E-state index in [4.69, 9.17) is 30.6 Å². The third kappa shape index (κ3) is 5.15. The number of aliphatic hydroxyl groups is 4. The highest BCUT2D eigenvalue weighted by Gasteiger charge is 2.67. The van der Waals surface area contributed by atoms with Gasteiger partial charge in [-0.1, -0.05) is 65.3 Å². The van der Waals surface area contributed by atoms with E-state index in [1.165, 1.54) is 7.11 Å². The Morgan fingerprint density at radius 1 is 1.03 bits per heavy atom. The monoisotopic (exact) mass is 555 g/mol. The fourth-order valence-corrected chi connectivity index (χ4v) is 5.16. The third-order valence-corrected chi connectivity index (χ3v) is 7.55. The van der Waals surface area contributed by atoms with Crippen LogP contribution in [-0.4, -0.2) is 77.0 Å². The summed E-state index contributed by atoms with van der Waals surface area (Å²) in [5, 5.41) is 46.1. The lowest BCUT2D eigenvalue weighted by Crippen LogP contribution is -2.65. The van der Waals surface area contributed by atoms with Crippen molar-refractivity contribution in [2.75, 3.05) is 26.9 Å². The molecule has 0 amide bonds. The number of aliphatic hydroxyl groups excluding tert-OH is 4. The fourth-order valence-electron chi connectivity index (χ4n) is 4.98. The van der Waals surface area contributed by atoms with Gasteiger partial charge in [0.1, 0.15) is 49.1 Å². The highest BCUT2D eigenvalue weighted by molar-refractivity contribution is 6.31. The second-order valence-electron chi connectivity index (χ2n) is 9.66. The van der Waals surface area contributed by atoms with Crippen LogP contribution in [-0.2, 0) is 26.5 Å². The third-order valence-electron chi connectivity index (χ3n) is 7.18. The zero-order valence-electron chi connectivity index (χ0n) is 21.2. The van der Waals surface area contributed by atoms with E-state index in [0.717, 1.165) is 16.7 Å². The minimum Gasteiger partial charge on any atom is -0.487 e. The number of oxime groups is 1. The first-order chi connectivity index (χ1) is 18.8. The van der Waals surface area contributed by atoms with Crippen molar-refractivity contribution in [1.82, 2.24) is 0 Å². The molecule has 0 aromatic heterocycles. The molecule has 2 aliphatic rings. The predicted octanol–water partition coefficient (Wildman–Crippen LogP) is 2.39. The molecule has 2 saturated heterocycles. The maximum atomic E-state index is 10.8. The minimum atomic E-state index is -1.75. The molecule has 3 aromatic carbocycles. The van der Waals surface area contributed by atoms with Crippen LogP contribution in [0.3, 0.4) is 0 Å². The van der Waals surface area contributed by atoms with Gasteiger partial charge in [-0.15, -0.1) is 0 Å². The van der Waals surface area contributed by atoms with Crippen LogP contribution in [0.2, 0.25) is 5.02 Å². The summed E-state index contributed by atoms with van der Waals surface area (Å²) in [4.78, 5) is 4.97. The molecule has 2 aliphatic heterocycles. The van der Waals surface area contributed by atoms with Crippen molar-refractivity contribution in [3.63, 3.8) is 0 Å². The van der Waals surface area contributed by atoms with Crippen LogP contribution >= 0.6 is 11.6 Å². The number of hydrogen-bond acceptors (Lipinski definition) is 9. The Morgan fingerprint density at radius 3 is 2.46 bits per heavy atom. The predicted molar refractivity (Wildman–Crippen MR) is 143 cm³/mol. The van der Waals surface area contributed by atoms with E-state index in [1.807, 2.05) is 54.6 Å². The van der Waals surface area contributed by atoms with Crippen LogP contribution in [0.1, 0.15) is 22.3 Å². The Labute approximate surface area is 230 Å². The van der Waals surface area contributed by atoms with E-state index >= 15 is 0 Å². The molecule has 5 rings (SSSR count). The van der Waals surface area contributed by atoms with Gasteiger partial charge in [0.05, 0.1) is 13.2 Å².